The number of hydrogen-bond acceptors (Lipinski definition) is 5. The predicted octanol–water partition coefficient (Wildman–Crippen LogP) is -0.245. The lowest BCUT2D eigenvalue weighted by Gasteiger charge is -2.09. The van der Waals surface area contributed by atoms with Gasteiger partial charge in [0.1, 0.15) is 0 Å². The van der Waals surface area contributed by atoms with Crippen molar-refractivity contribution in [1.82, 2.24) is 5.32 Å². The lowest BCUT2D eigenvalue weighted by molar-refractivity contribution is -0.143. The van der Waals surface area contributed by atoms with E-state index in [1.165, 1.54) is 0 Å². The molecule has 0 radical (unpaired) electrons. The van der Waals surface area contributed by atoms with Gasteiger partial charge in [-0.3, -0.25) is 9.59 Å². The molecule has 0 bridgehead atoms. The summed E-state index contributed by atoms with van der Waals surface area (Å²) in [7, 11) is 0. The number of rotatable bonds is 9. The molecule has 6 heteroatoms. The number of aliphatic carboxylic acids is 1. The summed E-state index contributed by atoms with van der Waals surface area (Å²) in [5.41, 5.74) is 0. The standard InChI is InChI=1S/C10H19NO5/c1-2-16-10(15)4-3-5-11-7-8(12)6-9(13)14/h8,11-12H,2-7H2,1H3,(H,13,14). The molecule has 0 rings (SSSR count). The summed E-state index contributed by atoms with van der Waals surface area (Å²) in [5.74, 6) is -1.27. The third-order valence-corrected chi connectivity index (χ3v) is 1.83. The van der Waals surface area contributed by atoms with Crippen LogP contribution in [0.3, 0.4) is 0 Å². The minimum absolute atomic E-state index is 0.217. The topological polar surface area (TPSA) is 95.9 Å². The summed E-state index contributed by atoms with van der Waals surface area (Å²) < 4.78 is 4.73. The molecule has 3 N–H and O–H groups in total. The van der Waals surface area contributed by atoms with Crippen LogP contribution < -0.4 is 5.32 Å². The molecule has 94 valence electrons. The molecule has 0 fully saturated rings. The van der Waals surface area contributed by atoms with Crippen LogP contribution in [-0.2, 0) is 14.3 Å². The van der Waals surface area contributed by atoms with E-state index < -0.39 is 12.1 Å². The summed E-state index contributed by atoms with van der Waals surface area (Å²) in [6, 6.07) is 0. The van der Waals surface area contributed by atoms with E-state index in [9.17, 15) is 14.7 Å². The molecule has 0 aromatic heterocycles. The average molecular weight is 233 g/mol. The minimum Gasteiger partial charge on any atom is -0.481 e. The van der Waals surface area contributed by atoms with Gasteiger partial charge in [-0.05, 0) is 19.9 Å². The molecular weight excluding hydrogens is 214 g/mol. The normalized spacial score (nSPS) is 12.1. The summed E-state index contributed by atoms with van der Waals surface area (Å²) in [6.07, 6.45) is -0.223. The molecule has 0 aliphatic heterocycles. The fourth-order valence-electron chi connectivity index (χ4n) is 1.13. The first-order valence-corrected chi connectivity index (χ1v) is 5.32. The van der Waals surface area contributed by atoms with Crippen LogP contribution in [0.5, 0.6) is 0 Å². The highest BCUT2D eigenvalue weighted by atomic mass is 16.5. The van der Waals surface area contributed by atoms with Gasteiger partial charge in [-0.15, -0.1) is 0 Å². The molecule has 6 nitrogen and oxygen atoms in total. The van der Waals surface area contributed by atoms with Crippen LogP contribution in [-0.4, -0.2) is 48.0 Å². The van der Waals surface area contributed by atoms with Gasteiger partial charge in [0.05, 0.1) is 19.1 Å². The number of carboxylic acids is 1. The van der Waals surface area contributed by atoms with Gasteiger partial charge in [-0.2, -0.15) is 0 Å². The zero-order valence-corrected chi connectivity index (χ0v) is 9.44. The molecule has 0 aliphatic carbocycles. The molecule has 16 heavy (non-hydrogen) atoms. The second-order valence-corrected chi connectivity index (χ2v) is 3.36. The molecule has 1 atom stereocenters. The van der Waals surface area contributed by atoms with Crippen LogP contribution in [0.25, 0.3) is 0 Å². The summed E-state index contributed by atoms with van der Waals surface area (Å²) in [6.45, 7) is 2.90. The number of carboxylic acid groups (broad SMARTS) is 1. The first-order chi connectivity index (χ1) is 7.56. The first kappa shape index (κ1) is 14.9. The van der Waals surface area contributed by atoms with Gasteiger partial charge < -0.3 is 20.3 Å². The Morgan fingerprint density at radius 2 is 2.12 bits per heavy atom. The number of esters is 1. The van der Waals surface area contributed by atoms with Crippen LogP contribution >= 0.6 is 0 Å². The number of aliphatic hydroxyl groups is 1. The van der Waals surface area contributed by atoms with E-state index in [0.717, 1.165) is 0 Å². The number of aliphatic hydroxyl groups excluding tert-OH is 1. The van der Waals surface area contributed by atoms with Crippen molar-refractivity contribution in [1.29, 1.82) is 0 Å². The maximum atomic E-state index is 10.9. The van der Waals surface area contributed by atoms with Crippen molar-refractivity contribution in [2.24, 2.45) is 0 Å². The summed E-state index contributed by atoms with van der Waals surface area (Å²) in [4.78, 5) is 21.1. The van der Waals surface area contributed by atoms with Gasteiger partial charge in [0.15, 0.2) is 0 Å². The van der Waals surface area contributed by atoms with Gasteiger partial charge in [-0.25, -0.2) is 0 Å². The van der Waals surface area contributed by atoms with Gasteiger partial charge >= 0.3 is 11.9 Å². The van der Waals surface area contributed by atoms with E-state index in [-0.39, 0.29) is 18.9 Å². The third-order valence-electron chi connectivity index (χ3n) is 1.83. The molecule has 0 amide bonds. The minimum atomic E-state index is -1.03. The molecule has 0 heterocycles. The largest absolute Gasteiger partial charge is 0.481 e. The molecular formula is C10H19NO5. The zero-order valence-electron chi connectivity index (χ0n) is 9.44. The maximum absolute atomic E-state index is 10.9. The van der Waals surface area contributed by atoms with E-state index in [0.29, 0.717) is 26.0 Å². The highest BCUT2D eigenvalue weighted by Gasteiger charge is 2.08. The Hall–Kier alpha value is -1.14. The Kier molecular flexibility index (Phi) is 8.46. The van der Waals surface area contributed by atoms with E-state index in [2.05, 4.69) is 5.32 Å². The van der Waals surface area contributed by atoms with Crippen molar-refractivity contribution in [3.05, 3.63) is 0 Å². The molecule has 0 aliphatic rings. The SMILES string of the molecule is CCOC(=O)CCCNCC(O)CC(=O)O. The fourth-order valence-corrected chi connectivity index (χ4v) is 1.13. The number of carbonyl (C=O) groups excluding carboxylic acids is 1. The Balaban J connectivity index is 3.32. The van der Waals surface area contributed by atoms with Gasteiger partial charge in [0.25, 0.3) is 0 Å². The predicted molar refractivity (Wildman–Crippen MR) is 57.0 cm³/mol. The van der Waals surface area contributed by atoms with Crippen molar-refractivity contribution < 1.29 is 24.5 Å². The number of nitrogens with one attached hydrogen (secondary N) is 1. The Morgan fingerprint density at radius 3 is 2.69 bits per heavy atom. The van der Waals surface area contributed by atoms with Crippen LogP contribution in [0.2, 0.25) is 0 Å². The molecule has 0 aromatic rings. The molecule has 0 aromatic carbocycles. The molecule has 1 unspecified atom stereocenters. The lowest BCUT2D eigenvalue weighted by Crippen LogP contribution is -2.29. The Labute approximate surface area is 94.6 Å². The maximum Gasteiger partial charge on any atom is 0.306 e. The highest BCUT2D eigenvalue weighted by Crippen LogP contribution is 1.93. The quantitative estimate of drug-likeness (QED) is 0.375. The second kappa shape index (κ2) is 9.11. The van der Waals surface area contributed by atoms with E-state index >= 15 is 0 Å². The fraction of sp³-hybridized carbons (Fsp3) is 0.800. The summed E-state index contributed by atoms with van der Waals surface area (Å²) >= 11 is 0. The first-order valence-electron chi connectivity index (χ1n) is 5.32. The van der Waals surface area contributed by atoms with E-state index in [4.69, 9.17) is 9.84 Å². The van der Waals surface area contributed by atoms with E-state index in [1.54, 1.807) is 6.92 Å². The van der Waals surface area contributed by atoms with E-state index in [1.807, 2.05) is 0 Å². The average Bonchev–Trinajstić information content (AvgIpc) is 2.16. The van der Waals surface area contributed by atoms with Crippen molar-refractivity contribution >= 4 is 11.9 Å². The number of ether oxygens (including phenoxy) is 1. The van der Waals surface area contributed by atoms with Crippen LogP contribution in [0.1, 0.15) is 26.2 Å². The Morgan fingerprint density at radius 1 is 1.44 bits per heavy atom. The van der Waals surface area contributed by atoms with Gasteiger partial charge in [0, 0.05) is 13.0 Å². The zero-order chi connectivity index (χ0) is 12.4. The number of hydrogen-bond donors (Lipinski definition) is 3. The summed E-state index contributed by atoms with van der Waals surface area (Å²) in [5, 5.41) is 20.4. The molecule has 0 spiro atoms. The van der Waals surface area contributed by atoms with Gasteiger partial charge in [-0.1, -0.05) is 0 Å². The van der Waals surface area contributed by atoms with Crippen molar-refractivity contribution in [2.75, 3.05) is 19.7 Å². The van der Waals surface area contributed by atoms with Crippen LogP contribution in [0.15, 0.2) is 0 Å². The molecule has 0 saturated carbocycles. The van der Waals surface area contributed by atoms with Crippen molar-refractivity contribution in [3.8, 4) is 0 Å². The second-order valence-electron chi connectivity index (χ2n) is 3.36. The lowest BCUT2D eigenvalue weighted by atomic mass is 10.2. The monoisotopic (exact) mass is 233 g/mol. The number of carbonyl (C=O) groups is 2. The van der Waals surface area contributed by atoms with Gasteiger partial charge in [0.2, 0.25) is 0 Å². The van der Waals surface area contributed by atoms with Crippen LogP contribution in [0.4, 0.5) is 0 Å². The smallest absolute Gasteiger partial charge is 0.306 e. The van der Waals surface area contributed by atoms with Crippen molar-refractivity contribution in [3.63, 3.8) is 0 Å². The Bertz CT molecular complexity index is 219. The highest BCUT2D eigenvalue weighted by molar-refractivity contribution is 5.69. The molecule has 0 saturated heterocycles. The third kappa shape index (κ3) is 9.42. The van der Waals surface area contributed by atoms with Crippen LogP contribution in [0, 0.1) is 0 Å². The van der Waals surface area contributed by atoms with Crippen molar-refractivity contribution in [2.45, 2.75) is 32.3 Å².